The second-order valence-electron chi connectivity index (χ2n) is 5.02. The van der Waals surface area contributed by atoms with Crippen molar-refractivity contribution < 1.29 is 9.84 Å². The lowest BCUT2D eigenvalue weighted by molar-refractivity contribution is 0.0562. The van der Waals surface area contributed by atoms with Gasteiger partial charge < -0.3 is 9.84 Å². The first kappa shape index (κ1) is 13.4. The van der Waals surface area contributed by atoms with Gasteiger partial charge in [0, 0.05) is 31.7 Å². The Labute approximate surface area is 108 Å². The van der Waals surface area contributed by atoms with Gasteiger partial charge in [-0.15, -0.1) is 0 Å². The molecule has 1 aliphatic rings. The van der Waals surface area contributed by atoms with Crippen LogP contribution in [0.5, 0.6) is 0 Å². The molecule has 0 bridgehead atoms. The van der Waals surface area contributed by atoms with Crippen molar-refractivity contribution in [2.75, 3.05) is 26.3 Å². The molecule has 0 aliphatic carbocycles. The maximum absolute atomic E-state index is 9.68. The zero-order chi connectivity index (χ0) is 13.0. The molecule has 18 heavy (non-hydrogen) atoms. The molecule has 100 valence electrons. The van der Waals surface area contributed by atoms with Gasteiger partial charge in [-0.3, -0.25) is 4.90 Å². The fourth-order valence-corrected chi connectivity index (χ4v) is 2.01. The summed E-state index contributed by atoms with van der Waals surface area (Å²) in [5.41, 5.74) is 1.00. The number of rotatable bonds is 3. The van der Waals surface area contributed by atoms with Gasteiger partial charge in [-0.2, -0.15) is 0 Å². The third-order valence-electron chi connectivity index (χ3n) is 2.96. The predicted octanol–water partition coefficient (Wildman–Crippen LogP) is 0.793. The summed E-state index contributed by atoms with van der Waals surface area (Å²) >= 11 is 0. The first-order valence-electron chi connectivity index (χ1n) is 6.45. The third kappa shape index (κ3) is 3.73. The molecule has 0 saturated carbocycles. The van der Waals surface area contributed by atoms with Crippen molar-refractivity contribution in [2.24, 2.45) is 0 Å². The van der Waals surface area contributed by atoms with Crippen LogP contribution in [0.15, 0.2) is 12.3 Å². The summed E-state index contributed by atoms with van der Waals surface area (Å²) in [5.74, 6) is 1.21. The maximum Gasteiger partial charge on any atom is 0.131 e. The summed E-state index contributed by atoms with van der Waals surface area (Å²) in [7, 11) is 0. The zero-order valence-electron chi connectivity index (χ0n) is 11.0. The quantitative estimate of drug-likeness (QED) is 0.861. The summed E-state index contributed by atoms with van der Waals surface area (Å²) < 4.78 is 5.31. The molecule has 1 aromatic rings. The Morgan fingerprint density at radius 3 is 3.17 bits per heavy atom. The molecule has 5 heteroatoms. The van der Waals surface area contributed by atoms with E-state index in [1.54, 1.807) is 0 Å². The number of nitrogens with zero attached hydrogens (tertiary/aromatic N) is 3. The van der Waals surface area contributed by atoms with E-state index in [0.29, 0.717) is 25.7 Å². The van der Waals surface area contributed by atoms with Crippen molar-refractivity contribution in [2.45, 2.75) is 32.4 Å². The molecule has 5 nitrogen and oxygen atoms in total. The monoisotopic (exact) mass is 251 g/mol. The molecular weight excluding hydrogens is 230 g/mol. The van der Waals surface area contributed by atoms with Crippen molar-refractivity contribution in [3.63, 3.8) is 0 Å². The highest BCUT2D eigenvalue weighted by molar-refractivity contribution is 5.04. The zero-order valence-corrected chi connectivity index (χ0v) is 11.0. The first-order chi connectivity index (χ1) is 8.65. The van der Waals surface area contributed by atoms with Crippen LogP contribution in [0, 0.1) is 0 Å². The normalized spacial score (nSPS) is 22.1. The molecule has 1 aromatic heterocycles. The number of aromatic nitrogens is 2. The van der Waals surface area contributed by atoms with E-state index < -0.39 is 6.10 Å². The van der Waals surface area contributed by atoms with Gasteiger partial charge in [-0.25, -0.2) is 9.97 Å². The number of aliphatic hydroxyl groups is 1. The van der Waals surface area contributed by atoms with Crippen LogP contribution in [0.2, 0.25) is 0 Å². The van der Waals surface area contributed by atoms with Gasteiger partial charge in [0.15, 0.2) is 0 Å². The lowest BCUT2D eigenvalue weighted by Crippen LogP contribution is -2.32. The van der Waals surface area contributed by atoms with Crippen LogP contribution in [-0.2, 0) is 11.3 Å². The molecule has 0 aromatic carbocycles. The predicted molar refractivity (Wildman–Crippen MR) is 68.2 cm³/mol. The SMILES string of the molecule is CC(C)c1nccc(CN2CCOCC(O)C2)n1. The molecule has 1 aliphatic heterocycles. The van der Waals surface area contributed by atoms with Gasteiger partial charge in [0.2, 0.25) is 0 Å². The van der Waals surface area contributed by atoms with Crippen molar-refractivity contribution in [1.82, 2.24) is 14.9 Å². The highest BCUT2D eigenvalue weighted by atomic mass is 16.5. The largest absolute Gasteiger partial charge is 0.389 e. The number of hydrogen-bond acceptors (Lipinski definition) is 5. The minimum absolute atomic E-state index is 0.336. The Hall–Kier alpha value is -1.04. The van der Waals surface area contributed by atoms with Crippen LogP contribution in [0.1, 0.15) is 31.3 Å². The molecule has 1 unspecified atom stereocenters. The summed E-state index contributed by atoms with van der Waals surface area (Å²) in [6.45, 7) is 7.48. The van der Waals surface area contributed by atoms with Crippen molar-refractivity contribution >= 4 is 0 Å². The van der Waals surface area contributed by atoms with Crippen LogP contribution in [0.3, 0.4) is 0 Å². The third-order valence-corrected chi connectivity index (χ3v) is 2.96. The highest BCUT2D eigenvalue weighted by Gasteiger charge is 2.17. The smallest absolute Gasteiger partial charge is 0.131 e. The number of β-amino-alcohol motifs (C(OH)–C–C–N with tert-alkyl or cyclic N) is 1. The number of aliphatic hydroxyl groups excluding tert-OH is 1. The van der Waals surface area contributed by atoms with E-state index in [0.717, 1.165) is 24.6 Å². The van der Waals surface area contributed by atoms with Crippen molar-refractivity contribution in [1.29, 1.82) is 0 Å². The molecule has 1 saturated heterocycles. The van der Waals surface area contributed by atoms with Gasteiger partial charge in [0.05, 0.1) is 25.0 Å². The molecule has 0 radical (unpaired) electrons. The number of hydrogen-bond donors (Lipinski definition) is 1. The van der Waals surface area contributed by atoms with Gasteiger partial charge in [0.1, 0.15) is 5.82 Å². The van der Waals surface area contributed by atoms with Gasteiger partial charge in [0.25, 0.3) is 0 Å². The van der Waals surface area contributed by atoms with E-state index in [4.69, 9.17) is 4.74 Å². The van der Waals surface area contributed by atoms with E-state index in [2.05, 4.69) is 28.7 Å². The Morgan fingerprint density at radius 1 is 1.56 bits per heavy atom. The van der Waals surface area contributed by atoms with E-state index in [-0.39, 0.29) is 0 Å². The van der Waals surface area contributed by atoms with E-state index in [1.807, 2.05) is 12.3 Å². The second kappa shape index (κ2) is 6.22. The molecule has 1 N–H and O–H groups in total. The second-order valence-corrected chi connectivity index (χ2v) is 5.02. The summed E-state index contributed by atoms with van der Waals surface area (Å²) in [5, 5.41) is 9.68. The van der Waals surface area contributed by atoms with Gasteiger partial charge in [-0.05, 0) is 6.07 Å². The van der Waals surface area contributed by atoms with E-state index in [1.165, 1.54) is 0 Å². The topological polar surface area (TPSA) is 58.5 Å². The molecule has 2 rings (SSSR count). The van der Waals surface area contributed by atoms with E-state index >= 15 is 0 Å². The number of ether oxygens (including phenoxy) is 1. The Morgan fingerprint density at radius 2 is 2.39 bits per heavy atom. The highest BCUT2D eigenvalue weighted by Crippen LogP contribution is 2.10. The van der Waals surface area contributed by atoms with Crippen LogP contribution in [0.25, 0.3) is 0 Å². The van der Waals surface area contributed by atoms with Crippen LogP contribution in [-0.4, -0.2) is 52.4 Å². The van der Waals surface area contributed by atoms with Crippen LogP contribution >= 0.6 is 0 Å². The van der Waals surface area contributed by atoms with Crippen molar-refractivity contribution in [3.05, 3.63) is 23.8 Å². The lowest BCUT2D eigenvalue weighted by atomic mass is 10.2. The Bertz CT molecular complexity index is 384. The standard InChI is InChI=1S/C13H21N3O2/c1-10(2)13-14-4-3-11(15-13)7-16-5-6-18-9-12(17)8-16/h3-4,10,12,17H,5-9H2,1-2H3. The van der Waals surface area contributed by atoms with Crippen LogP contribution in [0.4, 0.5) is 0 Å². The summed E-state index contributed by atoms with van der Waals surface area (Å²) in [4.78, 5) is 11.0. The average Bonchev–Trinajstić information content (AvgIpc) is 2.54. The van der Waals surface area contributed by atoms with Crippen LogP contribution < -0.4 is 0 Å². The molecule has 1 fully saturated rings. The summed E-state index contributed by atoms with van der Waals surface area (Å²) in [6.07, 6.45) is 1.40. The molecule has 2 heterocycles. The minimum Gasteiger partial charge on any atom is -0.389 e. The molecular formula is C13H21N3O2. The summed E-state index contributed by atoms with van der Waals surface area (Å²) in [6, 6.07) is 1.93. The Kier molecular flexibility index (Phi) is 4.63. The van der Waals surface area contributed by atoms with E-state index in [9.17, 15) is 5.11 Å². The lowest BCUT2D eigenvalue weighted by Gasteiger charge is -2.20. The Balaban J connectivity index is 2.01. The van der Waals surface area contributed by atoms with Crippen molar-refractivity contribution in [3.8, 4) is 0 Å². The fraction of sp³-hybridized carbons (Fsp3) is 0.692. The minimum atomic E-state index is -0.404. The average molecular weight is 251 g/mol. The van der Waals surface area contributed by atoms with Gasteiger partial charge >= 0.3 is 0 Å². The molecule has 0 spiro atoms. The molecule has 0 amide bonds. The maximum atomic E-state index is 9.68. The first-order valence-corrected chi connectivity index (χ1v) is 6.45. The fourth-order valence-electron chi connectivity index (χ4n) is 2.01. The molecule has 1 atom stereocenters. The van der Waals surface area contributed by atoms with Gasteiger partial charge in [-0.1, -0.05) is 13.8 Å².